The topological polar surface area (TPSA) is 136 Å². The van der Waals surface area contributed by atoms with Gasteiger partial charge in [0.25, 0.3) is 11.8 Å². The molecule has 65 heavy (non-hydrogen) atoms. The Balaban J connectivity index is 0.000000244. The number of nitrogens with zero attached hydrogens (tertiary/aromatic N) is 1. The van der Waals surface area contributed by atoms with Crippen LogP contribution >= 0.6 is 23.2 Å². The summed E-state index contributed by atoms with van der Waals surface area (Å²) in [5.41, 5.74) is 2.59. The fourth-order valence-electron chi connectivity index (χ4n) is 6.09. The van der Waals surface area contributed by atoms with E-state index < -0.39 is 43.1 Å². The Labute approximate surface area is 389 Å². The number of hydrogen-bond acceptors (Lipinski definition) is 8. The van der Waals surface area contributed by atoms with E-state index in [1.807, 2.05) is 53.7 Å². The van der Waals surface area contributed by atoms with Gasteiger partial charge in [-0.05, 0) is 119 Å². The Morgan fingerprint density at radius 3 is 1.48 bits per heavy atom. The number of anilines is 2. The molecule has 6 aromatic carbocycles. The fraction of sp³-hybridized carbons (Fsp3) is 0.224. The van der Waals surface area contributed by atoms with Gasteiger partial charge >= 0.3 is 0 Å². The minimum absolute atomic E-state index is 0.0679. The van der Waals surface area contributed by atoms with Gasteiger partial charge < -0.3 is 19.7 Å². The van der Waals surface area contributed by atoms with Gasteiger partial charge in [0.15, 0.2) is 19.7 Å². The Morgan fingerprint density at radius 1 is 0.569 bits per heavy atom. The smallest absolute Gasteiger partial charge is 0.261 e. The number of sulfone groups is 2. The van der Waals surface area contributed by atoms with Crippen molar-refractivity contribution in [1.82, 2.24) is 0 Å². The zero-order chi connectivity index (χ0) is 48.2. The molecule has 6 rings (SSSR count). The van der Waals surface area contributed by atoms with E-state index in [1.165, 1.54) is 53.4 Å². The molecule has 0 atom stereocenters. The summed E-state index contributed by atoms with van der Waals surface area (Å²) in [6, 6.07) is 30.0. The van der Waals surface area contributed by atoms with Crippen molar-refractivity contribution in [3.63, 3.8) is 0 Å². The standard InChI is InChI=1S/C25H25ClFNO4S.C24H23ClFNO4S/c1-25(2,3)16-9-11-20(23(13-16)32-22-12-10-17(27)14-21(22)26)24(29)28(4)18-7-6-8-19(15-18)33(5,30)31;1-24(2,3)15-8-10-19(22(12-15)31-21-11-9-16(26)13-20(21)25)23(28)27-17-6-5-7-18(14-17)32(4,29)30/h6-15H,1-5H3;5-14H,1-4H3,(H,27,28). The summed E-state index contributed by atoms with van der Waals surface area (Å²) in [6.45, 7) is 12.2. The van der Waals surface area contributed by atoms with Crippen molar-refractivity contribution in [3.8, 4) is 23.0 Å². The first-order valence-corrected chi connectivity index (χ1v) is 24.4. The second-order valence-corrected chi connectivity index (χ2v) is 22.0. The summed E-state index contributed by atoms with van der Waals surface area (Å²) < 4.78 is 86.3. The predicted molar refractivity (Wildman–Crippen MR) is 253 cm³/mol. The second-order valence-electron chi connectivity index (χ2n) is 17.2. The van der Waals surface area contributed by atoms with Crippen LogP contribution in [0, 0.1) is 11.6 Å². The SMILES string of the molecule is CC(C)(C)c1ccc(C(=O)Nc2cccc(S(C)(=O)=O)c2)c(Oc2ccc(F)cc2Cl)c1.CN(C(=O)c1ccc(C(C)(C)C)cc1Oc1ccc(F)cc1Cl)c1cccc(S(C)(=O)=O)c1. The van der Waals surface area contributed by atoms with E-state index in [1.54, 1.807) is 55.6 Å². The van der Waals surface area contributed by atoms with Crippen molar-refractivity contribution >= 4 is 66.1 Å². The summed E-state index contributed by atoms with van der Waals surface area (Å²) in [7, 11) is -5.31. The van der Waals surface area contributed by atoms with Crippen LogP contribution in [0.4, 0.5) is 20.2 Å². The molecule has 0 aromatic heterocycles. The van der Waals surface area contributed by atoms with Gasteiger partial charge in [0.2, 0.25) is 0 Å². The van der Waals surface area contributed by atoms with Crippen LogP contribution in [0.15, 0.2) is 131 Å². The fourth-order valence-corrected chi connectivity index (χ4v) is 7.83. The highest BCUT2D eigenvalue weighted by Gasteiger charge is 2.25. The summed E-state index contributed by atoms with van der Waals surface area (Å²) in [5, 5.41) is 2.84. The maximum atomic E-state index is 13.5. The molecule has 2 amide bonds. The zero-order valence-corrected chi connectivity index (χ0v) is 40.2. The molecule has 0 saturated carbocycles. The van der Waals surface area contributed by atoms with Gasteiger partial charge in [-0.2, -0.15) is 0 Å². The van der Waals surface area contributed by atoms with Gasteiger partial charge in [0, 0.05) is 30.9 Å². The number of carbonyl (C=O) groups excluding carboxylic acids is 2. The molecule has 0 aliphatic heterocycles. The van der Waals surface area contributed by atoms with Gasteiger partial charge in [-0.3, -0.25) is 9.59 Å². The minimum atomic E-state index is -3.44. The highest BCUT2D eigenvalue weighted by Crippen LogP contribution is 2.38. The Morgan fingerprint density at radius 2 is 1.02 bits per heavy atom. The summed E-state index contributed by atoms with van der Waals surface area (Å²) in [4.78, 5) is 28.0. The zero-order valence-electron chi connectivity index (χ0n) is 37.1. The first-order valence-electron chi connectivity index (χ1n) is 19.9. The van der Waals surface area contributed by atoms with Crippen LogP contribution in [0.2, 0.25) is 10.0 Å². The van der Waals surface area contributed by atoms with E-state index in [0.717, 1.165) is 35.8 Å². The predicted octanol–water partition coefficient (Wildman–Crippen LogP) is 12.5. The summed E-state index contributed by atoms with van der Waals surface area (Å²) in [5.74, 6) is -1.01. The maximum Gasteiger partial charge on any atom is 0.261 e. The molecular formula is C49H48Cl2F2N2O8S2. The van der Waals surface area contributed by atoms with Crippen molar-refractivity contribution < 1.29 is 44.7 Å². The normalized spacial score (nSPS) is 11.8. The third-order valence-electron chi connectivity index (χ3n) is 9.86. The van der Waals surface area contributed by atoms with Gasteiger partial charge in [0.1, 0.15) is 34.6 Å². The van der Waals surface area contributed by atoms with Crippen molar-refractivity contribution in [2.45, 2.75) is 62.2 Å². The Bertz CT molecular complexity index is 3000. The highest BCUT2D eigenvalue weighted by atomic mass is 35.5. The van der Waals surface area contributed by atoms with E-state index >= 15 is 0 Å². The number of benzene rings is 6. The van der Waals surface area contributed by atoms with Crippen molar-refractivity contribution in [2.24, 2.45) is 0 Å². The lowest BCUT2D eigenvalue weighted by molar-refractivity contribution is 0.0988. The molecule has 0 radical (unpaired) electrons. The van der Waals surface area contributed by atoms with E-state index in [9.17, 15) is 35.2 Å². The first-order chi connectivity index (χ1) is 30.1. The number of amides is 2. The van der Waals surface area contributed by atoms with Gasteiger partial charge in [-0.15, -0.1) is 0 Å². The average Bonchev–Trinajstić information content (AvgIpc) is 3.21. The lowest BCUT2D eigenvalue weighted by atomic mass is 9.86. The van der Waals surface area contributed by atoms with Gasteiger partial charge in [0.05, 0.1) is 31.0 Å². The molecule has 0 heterocycles. The monoisotopic (exact) mass is 964 g/mol. The largest absolute Gasteiger partial charge is 0.455 e. The maximum absolute atomic E-state index is 13.5. The van der Waals surface area contributed by atoms with E-state index in [-0.39, 0.29) is 64.8 Å². The van der Waals surface area contributed by atoms with Crippen LogP contribution in [0.25, 0.3) is 0 Å². The molecule has 16 heteroatoms. The van der Waals surface area contributed by atoms with Crippen molar-refractivity contribution in [1.29, 1.82) is 0 Å². The first kappa shape index (κ1) is 50.2. The van der Waals surface area contributed by atoms with Crippen LogP contribution in [0.5, 0.6) is 23.0 Å². The molecule has 10 nitrogen and oxygen atoms in total. The lowest BCUT2D eigenvalue weighted by Gasteiger charge is -2.23. The number of hydrogen-bond donors (Lipinski definition) is 1. The number of rotatable bonds is 10. The summed E-state index contributed by atoms with van der Waals surface area (Å²) in [6.07, 6.45) is 2.20. The Hall–Kier alpha value is -5.80. The molecule has 0 spiro atoms. The molecular weight excluding hydrogens is 918 g/mol. The number of halogens is 4. The Kier molecular flexibility index (Phi) is 15.3. The van der Waals surface area contributed by atoms with Crippen LogP contribution < -0.4 is 19.7 Å². The molecule has 6 aromatic rings. The second kappa shape index (κ2) is 19.7. The molecule has 0 bridgehead atoms. The third-order valence-corrected chi connectivity index (χ3v) is 12.7. The summed E-state index contributed by atoms with van der Waals surface area (Å²) >= 11 is 12.3. The molecule has 0 saturated heterocycles. The number of nitrogens with one attached hydrogen (secondary N) is 1. The number of ether oxygens (including phenoxy) is 2. The van der Waals surface area contributed by atoms with E-state index in [4.69, 9.17) is 32.7 Å². The van der Waals surface area contributed by atoms with Crippen LogP contribution in [0.1, 0.15) is 73.4 Å². The van der Waals surface area contributed by atoms with Crippen LogP contribution in [0.3, 0.4) is 0 Å². The van der Waals surface area contributed by atoms with Crippen molar-refractivity contribution in [2.75, 3.05) is 29.8 Å². The van der Waals surface area contributed by atoms with Crippen LogP contribution in [-0.2, 0) is 30.5 Å². The molecule has 0 aliphatic carbocycles. The van der Waals surface area contributed by atoms with E-state index in [2.05, 4.69) is 5.32 Å². The third kappa shape index (κ3) is 13.2. The van der Waals surface area contributed by atoms with E-state index in [0.29, 0.717) is 11.4 Å². The van der Waals surface area contributed by atoms with Gasteiger partial charge in [-0.1, -0.05) is 89.0 Å². The van der Waals surface area contributed by atoms with Crippen LogP contribution in [-0.4, -0.2) is 48.2 Å². The minimum Gasteiger partial charge on any atom is -0.455 e. The molecule has 0 fully saturated rings. The van der Waals surface area contributed by atoms with Gasteiger partial charge in [-0.25, -0.2) is 25.6 Å². The number of carbonyl (C=O) groups is 2. The lowest BCUT2D eigenvalue weighted by Crippen LogP contribution is -2.27. The quantitative estimate of drug-likeness (QED) is 0.143. The molecule has 0 unspecified atom stereocenters. The average molecular weight is 966 g/mol. The molecule has 1 N–H and O–H groups in total. The molecule has 342 valence electrons. The molecule has 0 aliphatic rings. The highest BCUT2D eigenvalue weighted by molar-refractivity contribution is 7.91. The van der Waals surface area contributed by atoms with Crippen molar-refractivity contribution in [3.05, 3.63) is 165 Å².